The van der Waals surface area contributed by atoms with E-state index in [1.54, 1.807) is 11.6 Å². The van der Waals surface area contributed by atoms with Gasteiger partial charge in [0.1, 0.15) is 15.5 Å². The molecule has 0 radical (unpaired) electrons. The van der Waals surface area contributed by atoms with E-state index in [1.165, 1.54) is 17.2 Å². The van der Waals surface area contributed by atoms with Gasteiger partial charge in [0, 0.05) is 13.3 Å². The molecule has 2 rings (SSSR count). The molecule has 108 valence electrons. The minimum atomic E-state index is -3.19. The van der Waals surface area contributed by atoms with E-state index in [0.29, 0.717) is 5.69 Å². The predicted molar refractivity (Wildman–Crippen MR) is 68.9 cm³/mol. The molecular weight excluding hydrogens is 286 g/mol. The van der Waals surface area contributed by atoms with Crippen LogP contribution in [0.25, 0.3) is 11.4 Å². The van der Waals surface area contributed by atoms with E-state index in [4.69, 9.17) is 5.11 Å². The zero-order chi connectivity index (χ0) is 14.9. The Morgan fingerprint density at radius 3 is 2.65 bits per heavy atom. The first-order valence-corrected chi connectivity index (χ1v) is 7.67. The molecule has 0 aliphatic rings. The number of aromatic carboxylic acids is 1. The molecule has 0 saturated heterocycles. The van der Waals surface area contributed by atoms with Gasteiger partial charge in [-0.05, 0) is 0 Å². The van der Waals surface area contributed by atoms with Crippen molar-refractivity contribution < 1.29 is 18.3 Å². The molecule has 0 aliphatic carbocycles. The third-order valence-electron chi connectivity index (χ3n) is 2.67. The summed E-state index contributed by atoms with van der Waals surface area (Å²) in [6, 6.07) is 0. The van der Waals surface area contributed by atoms with Gasteiger partial charge in [-0.15, -0.1) is 5.10 Å². The van der Waals surface area contributed by atoms with E-state index in [-0.39, 0.29) is 23.7 Å². The average Bonchev–Trinajstić information content (AvgIpc) is 2.90. The van der Waals surface area contributed by atoms with E-state index < -0.39 is 15.8 Å². The number of carboxylic acids is 1. The summed E-state index contributed by atoms with van der Waals surface area (Å²) >= 11 is 0. The Kier molecular flexibility index (Phi) is 3.57. The molecule has 0 saturated carbocycles. The molecule has 0 unspecified atom stereocenters. The number of aromatic nitrogens is 5. The Morgan fingerprint density at radius 2 is 2.15 bits per heavy atom. The minimum absolute atomic E-state index is 0.0274. The van der Waals surface area contributed by atoms with Crippen molar-refractivity contribution in [3.05, 3.63) is 18.2 Å². The second-order valence-corrected chi connectivity index (χ2v) is 6.59. The van der Waals surface area contributed by atoms with E-state index in [1.807, 2.05) is 0 Å². The monoisotopic (exact) mass is 299 g/mol. The summed E-state index contributed by atoms with van der Waals surface area (Å²) in [4.78, 5) is 15.1. The van der Waals surface area contributed by atoms with Crippen LogP contribution in [0.1, 0.15) is 10.5 Å². The molecule has 0 bridgehead atoms. The minimum Gasteiger partial charge on any atom is -0.476 e. The van der Waals surface area contributed by atoms with E-state index >= 15 is 0 Å². The van der Waals surface area contributed by atoms with Crippen molar-refractivity contribution in [1.29, 1.82) is 0 Å². The zero-order valence-corrected chi connectivity index (χ0v) is 11.7. The summed E-state index contributed by atoms with van der Waals surface area (Å²) in [6.45, 7) is 0.0274. The highest BCUT2D eigenvalue weighted by Crippen LogP contribution is 2.21. The fraction of sp³-hybridized carbons (Fsp3) is 0.400. The summed E-state index contributed by atoms with van der Waals surface area (Å²) in [5.41, 5.74) is 0.504. The van der Waals surface area contributed by atoms with Gasteiger partial charge < -0.3 is 9.67 Å². The van der Waals surface area contributed by atoms with Crippen LogP contribution in [0.4, 0.5) is 0 Å². The summed E-state index contributed by atoms with van der Waals surface area (Å²) in [6.07, 6.45) is 4.09. The Bertz CT molecular complexity index is 746. The lowest BCUT2D eigenvalue weighted by molar-refractivity contribution is 0.0691. The molecule has 0 fully saturated rings. The van der Waals surface area contributed by atoms with Crippen LogP contribution in [-0.2, 0) is 23.4 Å². The highest BCUT2D eigenvalue weighted by molar-refractivity contribution is 7.90. The highest BCUT2D eigenvalue weighted by Gasteiger charge is 2.23. The molecule has 10 heteroatoms. The molecule has 0 spiro atoms. The van der Waals surface area contributed by atoms with E-state index in [0.717, 1.165) is 6.26 Å². The van der Waals surface area contributed by atoms with Crippen LogP contribution in [0.2, 0.25) is 0 Å². The average molecular weight is 299 g/mol. The Hall–Kier alpha value is -2.23. The van der Waals surface area contributed by atoms with Crippen molar-refractivity contribution in [2.45, 2.75) is 6.54 Å². The number of nitrogens with zero attached hydrogens (tertiary/aromatic N) is 5. The molecule has 2 heterocycles. The van der Waals surface area contributed by atoms with Gasteiger partial charge in [0.2, 0.25) is 0 Å². The van der Waals surface area contributed by atoms with Crippen LogP contribution in [0.5, 0.6) is 0 Å². The Morgan fingerprint density at radius 1 is 1.45 bits per heavy atom. The van der Waals surface area contributed by atoms with Crippen molar-refractivity contribution in [3.8, 4) is 11.4 Å². The molecule has 0 aliphatic heterocycles. The fourth-order valence-corrected chi connectivity index (χ4v) is 2.21. The fourth-order valence-electron chi connectivity index (χ4n) is 1.70. The maximum absolute atomic E-state index is 11.2. The Labute approximate surface area is 114 Å². The van der Waals surface area contributed by atoms with Crippen molar-refractivity contribution in [2.75, 3.05) is 12.0 Å². The lowest BCUT2D eigenvalue weighted by Crippen LogP contribution is -2.14. The van der Waals surface area contributed by atoms with Gasteiger partial charge in [-0.25, -0.2) is 22.9 Å². The van der Waals surface area contributed by atoms with Crippen molar-refractivity contribution >= 4 is 15.8 Å². The van der Waals surface area contributed by atoms with Crippen molar-refractivity contribution in [3.63, 3.8) is 0 Å². The largest absolute Gasteiger partial charge is 0.476 e. The highest BCUT2D eigenvalue weighted by atomic mass is 32.2. The number of carboxylic acid groups (broad SMARTS) is 1. The molecule has 2 aromatic heterocycles. The van der Waals surface area contributed by atoms with Crippen LogP contribution >= 0.6 is 0 Å². The standard InChI is InChI=1S/C10H13N5O4S/c1-14-6-11-5-7(14)9-8(10(16)17)12-13-15(9)3-4-20(2,18)19/h5-6H,3-4H2,1-2H3,(H,16,17). The molecule has 9 nitrogen and oxygen atoms in total. The van der Waals surface area contributed by atoms with Gasteiger partial charge in [0.25, 0.3) is 0 Å². The molecule has 2 aromatic rings. The van der Waals surface area contributed by atoms with Gasteiger partial charge in [0.05, 0.1) is 30.5 Å². The van der Waals surface area contributed by atoms with Crippen LogP contribution in [-0.4, -0.2) is 56.0 Å². The number of rotatable bonds is 5. The number of hydrogen-bond donors (Lipinski definition) is 1. The second-order valence-electron chi connectivity index (χ2n) is 4.33. The lowest BCUT2D eigenvalue weighted by atomic mass is 10.2. The summed E-state index contributed by atoms with van der Waals surface area (Å²) in [5, 5.41) is 16.4. The number of carbonyl (C=O) groups is 1. The molecule has 0 atom stereocenters. The smallest absolute Gasteiger partial charge is 0.358 e. The summed E-state index contributed by atoms with van der Waals surface area (Å²) in [7, 11) is -1.49. The maximum atomic E-state index is 11.2. The number of hydrogen-bond acceptors (Lipinski definition) is 6. The van der Waals surface area contributed by atoms with Crippen molar-refractivity contribution in [2.24, 2.45) is 7.05 Å². The molecule has 20 heavy (non-hydrogen) atoms. The topological polar surface area (TPSA) is 120 Å². The third kappa shape index (κ3) is 2.85. The number of sulfone groups is 1. The second kappa shape index (κ2) is 5.04. The van der Waals surface area contributed by atoms with Gasteiger partial charge in [0.15, 0.2) is 5.69 Å². The van der Waals surface area contributed by atoms with Crippen molar-refractivity contribution in [1.82, 2.24) is 24.5 Å². The first-order chi connectivity index (χ1) is 9.29. The molecule has 0 amide bonds. The van der Waals surface area contributed by atoms with Gasteiger partial charge >= 0.3 is 5.97 Å². The van der Waals surface area contributed by atoms with E-state index in [9.17, 15) is 13.2 Å². The van der Waals surface area contributed by atoms with Gasteiger partial charge in [-0.2, -0.15) is 0 Å². The maximum Gasteiger partial charge on any atom is 0.358 e. The van der Waals surface area contributed by atoms with Gasteiger partial charge in [-0.1, -0.05) is 5.21 Å². The van der Waals surface area contributed by atoms with Crippen LogP contribution in [0.15, 0.2) is 12.5 Å². The Balaban J connectivity index is 2.49. The summed E-state index contributed by atoms with van der Waals surface area (Å²) in [5.74, 6) is -1.38. The predicted octanol–water partition coefficient (Wildman–Crippen LogP) is -0.579. The van der Waals surface area contributed by atoms with Crippen LogP contribution in [0.3, 0.4) is 0 Å². The number of aryl methyl sites for hydroxylation is 2. The zero-order valence-electron chi connectivity index (χ0n) is 10.9. The molecule has 1 N–H and O–H groups in total. The molecule has 0 aromatic carbocycles. The number of imidazole rings is 1. The summed E-state index contributed by atoms with van der Waals surface area (Å²) < 4.78 is 25.3. The first-order valence-electron chi connectivity index (χ1n) is 5.61. The SMILES string of the molecule is Cn1cncc1-c1c(C(=O)O)nnn1CCS(C)(=O)=O. The first kappa shape index (κ1) is 14.2. The normalized spacial score (nSPS) is 11.7. The van der Waals surface area contributed by atoms with E-state index in [2.05, 4.69) is 15.3 Å². The quantitative estimate of drug-likeness (QED) is 0.784. The molecular formula is C10H13N5O4S. The lowest BCUT2D eigenvalue weighted by Gasteiger charge is -2.06. The van der Waals surface area contributed by atoms with Crippen LogP contribution < -0.4 is 0 Å². The van der Waals surface area contributed by atoms with Crippen LogP contribution in [0, 0.1) is 0 Å². The third-order valence-corrected chi connectivity index (χ3v) is 3.60. The van der Waals surface area contributed by atoms with Gasteiger partial charge in [-0.3, -0.25) is 0 Å².